The predicted molar refractivity (Wildman–Crippen MR) is 45.2 cm³/mol. The van der Waals surface area contributed by atoms with E-state index in [1.165, 1.54) is 6.08 Å². The molecular formula is C9H8N2O2. The summed E-state index contributed by atoms with van der Waals surface area (Å²) in [5.41, 5.74) is 1.13. The molecule has 0 radical (unpaired) electrons. The lowest BCUT2D eigenvalue weighted by atomic mass is 10.0. The van der Waals surface area contributed by atoms with Crippen molar-refractivity contribution in [2.24, 2.45) is 0 Å². The largest absolute Gasteiger partial charge is 0.288 e. The van der Waals surface area contributed by atoms with Gasteiger partial charge >= 0.3 is 0 Å². The molecule has 0 fully saturated rings. The zero-order valence-electron chi connectivity index (χ0n) is 7.34. The van der Waals surface area contributed by atoms with Gasteiger partial charge < -0.3 is 0 Å². The van der Waals surface area contributed by atoms with E-state index in [2.05, 4.69) is 5.32 Å². The fourth-order valence-electron chi connectivity index (χ4n) is 0.968. The van der Waals surface area contributed by atoms with Crippen LogP contribution in [0.4, 0.5) is 0 Å². The number of nitrogens with one attached hydrogen (secondary N) is 1. The molecule has 0 atom stereocenters. The molecule has 1 aliphatic heterocycles. The van der Waals surface area contributed by atoms with Crippen LogP contribution < -0.4 is 5.32 Å². The standard InChI is InChI=1S/C9H8N2O2/c1-5(2)7-3-6(4-10)8(12)11-9(7)13/h3H,1-2H3,(H,11,12,13). The molecule has 1 N–H and O–H groups in total. The summed E-state index contributed by atoms with van der Waals surface area (Å²) in [6.07, 6.45) is 1.32. The van der Waals surface area contributed by atoms with Gasteiger partial charge in [0, 0.05) is 5.57 Å². The van der Waals surface area contributed by atoms with Gasteiger partial charge in [-0.3, -0.25) is 14.9 Å². The first-order valence-corrected chi connectivity index (χ1v) is 3.71. The number of nitriles is 1. The van der Waals surface area contributed by atoms with Gasteiger partial charge in [-0.1, -0.05) is 5.57 Å². The molecule has 0 unspecified atom stereocenters. The predicted octanol–water partition coefficient (Wildman–Crippen LogP) is 0.429. The number of carbonyl (C=O) groups excluding carboxylic acids is 2. The van der Waals surface area contributed by atoms with Crippen LogP contribution in [0, 0.1) is 11.3 Å². The zero-order chi connectivity index (χ0) is 10.0. The van der Waals surface area contributed by atoms with Gasteiger partial charge in [0.15, 0.2) is 0 Å². The van der Waals surface area contributed by atoms with Crippen LogP contribution in [-0.2, 0) is 9.59 Å². The van der Waals surface area contributed by atoms with Gasteiger partial charge in [-0.2, -0.15) is 5.26 Å². The number of amides is 2. The van der Waals surface area contributed by atoms with Crippen molar-refractivity contribution < 1.29 is 9.59 Å². The van der Waals surface area contributed by atoms with Gasteiger partial charge in [0.2, 0.25) is 0 Å². The molecule has 0 bridgehead atoms. The molecule has 0 aromatic rings. The number of rotatable bonds is 0. The number of carbonyl (C=O) groups is 2. The van der Waals surface area contributed by atoms with E-state index in [4.69, 9.17) is 5.26 Å². The molecule has 66 valence electrons. The molecule has 0 aromatic carbocycles. The van der Waals surface area contributed by atoms with E-state index < -0.39 is 11.8 Å². The SMILES string of the molecule is CC(C)=C1C=C(C#N)C(=O)NC1=O. The number of allylic oxidation sites excluding steroid dienone is 1. The van der Waals surface area contributed by atoms with Crippen LogP contribution in [0.5, 0.6) is 0 Å². The molecule has 4 nitrogen and oxygen atoms in total. The van der Waals surface area contributed by atoms with Crippen molar-refractivity contribution in [1.29, 1.82) is 5.26 Å². The van der Waals surface area contributed by atoms with Crippen LogP contribution in [0.25, 0.3) is 0 Å². The van der Waals surface area contributed by atoms with Crippen molar-refractivity contribution in [3.05, 3.63) is 22.8 Å². The van der Waals surface area contributed by atoms with Crippen LogP contribution in [0.15, 0.2) is 22.8 Å². The van der Waals surface area contributed by atoms with Gasteiger partial charge in [0.1, 0.15) is 11.6 Å². The Morgan fingerprint density at radius 2 is 2.00 bits per heavy atom. The summed E-state index contributed by atoms with van der Waals surface area (Å²) in [5.74, 6) is -1.07. The van der Waals surface area contributed by atoms with Crippen LogP contribution >= 0.6 is 0 Å². The third-order valence-electron chi connectivity index (χ3n) is 1.66. The van der Waals surface area contributed by atoms with Crippen molar-refractivity contribution in [2.75, 3.05) is 0 Å². The highest BCUT2D eigenvalue weighted by atomic mass is 16.2. The van der Waals surface area contributed by atoms with E-state index in [0.717, 1.165) is 5.57 Å². The highest BCUT2D eigenvalue weighted by Gasteiger charge is 2.22. The first-order chi connectivity index (χ1) is 6.06. The lowest BCUT2D eigenvalue weighted by Gasteiger charge is -2.11. The Balaban J connectivity index is 3.25. The molecule has 0 aliphatic carbocycles. The summed E-state index contributed by atoms with van der Waals surface area (Å²) in [6.45, 7) is 3.49. The molecule has 0 aromatic heterocycles. The molecule has 1 heterocycles. The summed E-state index contributed by atoms with van der Waals surface area (Å²) in [4.78, 5) is 22.1. The molecule has 0 saturated heterocycles. The van der Waals surface area contributed by atoms with Gasteiger partial charge in [-0.25, -0.2) is 0 Å². The Morgan fingerprint density at radius 3 is 2.46 bits per heavy atom. The summed E-state index contributed by atoms with van der Waals surface area (Å²) in [7, 11) is 0. The summed E-state index contributed by atoms with van der Waals surface area (Å²) >= 11 is 0. The zero-order valence-corrected chi connectivity index (χ0v) is 7.34. The van der Waals surface area contributed by atoms with Crippen molar-refractivity contribution in [3.8, 4) is 6.07 Å². The topological polar surface area (TPSA) is 70.0 Å². The summed E-state index contributed by atoms with van der Waals surface area (Å²) < 4.78 is 0. The Morgan fingerprint density at radius 1 is 1.38 bits per heavy atom. The van der Waals surface area contributed by atoms with E-state index in [1.807, 2.05) is 0 Å². The van der Waals surface area contributed by atoms with Gasteiger partial charge in [0.05, 0.1) is 0 Å². The van der Waals surface area contributed by atoms with Gasteiger partial charge in [-0.15, -0.1) is 0 Å². The fraction of sp³-hybridized carbons (Fsp3) is 0.222. The number of imide groups is 1. The first kappa shape index (κ1) is 9.20. The van der Waals surface area contributed by atoms with E-state index in [9.17, 15) is 9.59 Å². The van der Waals surface area contributed by atoms with E-state index >= 15 is 0 Å². The Bertz CT molecular complexity index is 379. The Kier molecular flexibility index (Phi) is 2.29. The average molecular weight is 176 g/mol. The van der Waals surface area contributed by atoms with Crippen LogP contribution in [0.1, 0.15) is 13.8 Å². The Labute approximate surface area is 75.5 Å². The summed E-state index contributed by atoms with van der Waals surface area (Å²) in [5, 5.41) is 10.6. The molecule has 1 rings (SSSR count). The quantitative estimate of drug-likeness (QED) is 0.429. The smallest absolute Gasteiger partial charge is 0.268 e. The maximum Gasteiger partial charge on any atom is 0.268 e. The van der Waals surface area contributed by atoms with Crippen molar-refractivity contribution in [1.82, 2.24) is 5.32 Å². The minimum Gasteiger partial charge on any atom is -0.288 e. The van der Waals surface area contributed by atoms with E-state index in [1.54, 1.807) is 19.9 Å². The first-order valence-electron chi connectivity index (χ1n) is 3.71. The number of hydrogen-bond acceptors (Lipinski definition) is 3. The van der Waals surface area contributed by atoms with Gasteiger partial charge in [-0.05, 0) is 19.9 Å². The molecule has 1 aliphatic rings. The van der Waals surface area contributed by atoms with Crippen molar-refractivity contribution in [3.63, 3.8) is 0 Å². The van der Waals surface area contributed by atoms with Crippen molar-refractivity contribution >= 4 is 11.8 Å². The van der Waals surface area contributed by atoms with E-state index in [-0.39, 0.29) is 5.57 Å². The van der Waals surface area contributed by atoms with Gasteiger partial charge in [0.25, 0.3) is 11.8 Å². The lowest BCUT2D eigenvalue weighted by molar-refractivity contribution is -0.126. The molecular weight excluding hydrogens is 168 g/mol. The third kappa shape index (κ3) is 1.64. The second-order valence-corrected chi connectivity index (χ2v) is 2.87. The molecule has 2 amide bonds. The highest BCUT2D eigenvalue weighted by Crippen LogP contribution is 2.12. The summed E-state index contributed by atoms with van der Waals surface area (Å²) in [6, 6.07) is 1.72. The fourth-order valence-corrected chi connectivity index (χ4v) is 0.968. The second-order valence-electron chi connectivity index (χ2n) is 2.87. The Hall–Kier alpha value is -1.89. The van der Waals surface area contributed by atoms with Crippen LogP contribution in [0.2, 0.25) is 0 Å². The third-order valence-corrected chi connectivity index (χ3v) is 1.66. The molecule has 4 heteroatoms. The average Bonchev–Trinajstić information content (AvgIpc) is 2.03. The van der Waals surface area contributed by atoms with Crippen LogP contribution in [-0.4, -0.2) is 11.8 Å². The number of hydrogen-bond donors (Lipinski definition) is 1. The monoisotopic (exact) mass is 176 g/mol. The normalized spacial score (nSPS) is 16.1. The maximum atomic E-state index is 11.2. The number of nitrogens with zero attached hydrogens (tertiary/aromatic N) is 1. The molecule has 0 saturated carbocycles. The highest BCUT2D eigenvalue weighted by molar-refractivity contribution is 6.17. The van der Waals surface area contributed by atoms with Crippen molar-refractivity contribution in [2.45, 2.75) is 13.8 Å². The second kappa shape index (κ2) is 3.23. The maximum absolute atomic E-state index is 11.2. The minimum absolute atomic E-state index is 0.0317. The lowest BCUT2D eigenvalue weighted by Crippen LogP contribution is -2.36. The van der Waals surface area contributed by atoms with Crippen LogP contribution in [0.3, 0.4) is 0 Å². The molecule has 0 spiro atoms. The van der Waals surface area contributed by atoms with E-state index in [0.29, 0.717) is 5.57 Å². The minimum atomic E-state index is -0.627. The molecule has 13 heavy (non-hydrogen) atoms.